The number of carbonyl (C=O) groups is 4. The summed E-state index contributed by atoms with van der Waals surface area (Å²) >= 11 is 0. The van der Waals surface area contributed by atoms with E-state index in [0.29, 0.717) is 12.0 Å². The molecule has 2 N–H and O–H groups in total. The van der Waals surface area contributed by atoms with Gasteiger partial charge in [0, 0.05) is 42.7 Å². The summed E-state index contributed by atoms with van der Waals surface area (Å²) in [5.74, 6) is -1.44. The zero-order valence-electron chi connectivity index (χ0n) is 14.1. The molecule has 136 valence electrons. The number of nitrogens with zero attached hydrogens (tertiary/aromatic N) is 4. The maximum Gasteiger partial charge on any atom is 0.257 e. The van der Waals surface area contributed by atoms with Gasteiger partial charge in [0.15, 0.2) is 6.29 Å². The van der Waals surface area contributed by atoms with Crippen LogP contribution < -0.4 is 10.6 Å². The molecule has 1 saturated heterocycles. The molecule has 1 aliphatic rings. The van der Waals surface area contributed by atoms with Crippen LogP contribution in [-0.2, 0) is 9.59 Å². The number of azide groups is 1. The van der Waals surface area contributed by atoms with Crippen molar-refractivity contribution in [3.63, 3.8) is 0 Å². The molecule has 0 aromatic heterocycles. The fraction of sp³-hybridized carbons (Fsp3) is 0.375. The van der Waals surface area contributed by atoms with E-state index in [1.165, 1.54) is 18.0 Å². The first-order valence-electron chi connectivity index (χ1n) is 7.93. The second kappa shape index (κ2) is 8.63. The molecular formula is C16H18N6O4. The van der Waals surface area contributed by atoms with E-state index in [0.717, 1.165) is 0 Å². The number of piperidine rings is 1. The van der Waals surface area contributed by atoms with Crippen LogP contribution in [0.3, 0.4) is 0 Å². The second-order valence-electron chi connectivity index (χ2n) is 5.65. The molecule has 1 unspecified atom stereocenters. The van der Waals surface area contributed by atoms with Gasteiger partial charge in [-0.2, -0.15) is 0 Å². The van der Waals surface area contributed by atoms with E-state index >= 15 is 0 Å². The van der Waals surface area contributed by atoms with Crippen molar-refractivity contribution in [2.45, 2.75) is 18.9 Å². The SMILES string of the molecule is CN(C(=O)c1c(C=O)cccc1NCCN=[N+]=[N-])C1CCC(=O)NC1=O. The summed E-state index contributed by atoms with van der Waals surface area (Å²) in [5.41, 5.74) is 9.00. The minimum Gasteiger partial charge on any atom is -0.384 e. The average molecular weight is 358 g/mol. The number of amides is 3. The Morgan fingerprint density at radius 2 is 2.27 bits per heavy atom. The molecule has 3 amide bonds. The number of benzene rings is 1. The van der Waals surface area contributed by atoms with Crippen molar-refractivity contribution in [1.29, 1.82) is 0 Å². The van der Waals surface area contributed by atoms with E-state index < -0.39 is 17.9 Å². The van der Waals surface area contributed by atoms with Crippen LogP contribution >= 0.6 is 0 Å². The van der Waals surface area contributed by atoms with E-state index in [9.17, 15) is 19.2 Å². The standard InChI is InChI=1S/C16H18N6O4/c1-22(12-5-6-13(24)20-15(12)25)16(26)14-10(9-23)3-2-4-11(14)18-7-8-19-21-17/h2-4,9,12,18H,5-8H2,1H3,(H,20,24,25). The highest BCUT2D eigenvalue weighted by atomic mass is 16.2. The highest BCUT2D eigenvalue weighted by Gasteiger charge is 2.33. The smallest absolute Gasteiger partial charge is 0.257 e. The van der Waals surface area contributed by atoms with Gasteiger partial charge in [-0.1, -0.05) is 17.2 Å². The summed E-state index contributed by atoms with van der Waals surface area (Å²) in [6.07, 6.45) is 0.917. The van der Waals surface area contributed by atoms with Gasteiger partial charge in [0.1, 0.15) is 6.04 Å². The maximum atomic E-state index is 12.9. The van der Waals surface area contributed by atoms with Crippen molar-refractivity contribution in [2.24, 2.45) is 5.11 Å². The summed E-state index contributed by atoms with van der Waals surface area (Å²) in [6, 6.07) is 3.93. The fourth-order valence-electron chi connectivity index (χ4n) is 2.71. The van der Waals surface area contributed by atoms with Gasteiger partial charge in [0.2, 0.25) is 11.8 Å². The van der Waals surface area contributed by atoms with Gasteiger partial charge in [-0.15, -0.1) is 0 Å². The molecule has 26 heavy (non-hydrogen) atoms. The van der Waals surface area contributed by atoms with E-state index in [1.807, 2.05) is 0 Å². The Balaban J connectivity index is 2.28. The molecular weight excluding hydrogens is 340 g/mol. The van der Waals surface area contributed by atoms with E-state index in [-0.39, 0.29) is 43.0 Å². The van der Waals surface area contributed by atoms with Gasteiger partial charge in [-0.25, -0.2) is 0 Å². The molecule has 10 nitrogen and oxygen atoms in total. The van der Waals surface area contributed by atoms with Crippen molar-refractivity contribution in [2.75, 3.05) is 25.5 Å². The summed E-state index contributed by atoms with van der Waals surface area (Å²) in [6.45, 7) is 0.438. The van der Waals surface area contributed by atoms with Gasteiger partial charge >= 0.3 is 0 Å². The van der Waals surface area contributed by atoms with Crippen molar-refractivity contribution < 1.29 is 19.2 Å². The number of hydrogen-bond acceptors (Lipinski definition) is 6. The summed E-state index contributed by atoms with van der Waals surface area (Å²) in [5, 5.41) is 8.56. The summed E-state index contributed by atoms with van der Waals surface area (Å²) in [4.78, 5) is 51.5. The molecule has 0 bridgehead atoms. The molecule has 0 spiro atoms. The van der Waals surface area contributed by atoms with Crippen molar-refractivity contribution >= 4 is 29.7 Å². The van der Waals surface area contributed by atoms with Crippen molar-refractivity contribution in [1.82, 2.24) is 10.2 Å². The normalized spacial score (nSPS) is 16.3. The minimum absolute atomic E-state index is 0.121. The lowest BCUT2D eigenvalue weighted by Crippen LogP contribution is -2.53. The lowest BCUT2D eigenvalue weighted by atomic mass is 10.0. The third-order valence-corrected chi connectivity index (χ3v) is 4.03. The number of aldehydes is 1. The van der Waals surface area contributed by atoms with Crippen LogP contribution in [0, 0.1) is 0 Å². The van der Waals surface area contributed by atoms with Crippen LogP contribution in [0.25, 0.3) is 10.4 Å². The third kappa shape index (κ3) is 4.17. The third-order valence-electron chi connectivity index (χ3n) is 4.03. The lowest BCUT2D eigenvalue weighted by molar-refractivity contribution is -0.136. The second-order valence-corrected chi connectivity index (χ2v) is 5.65. The van der Waals surface area contributed by atoms with E-state index in [1.54, 1.807) is 12.1 Å². The van der Waals surface area contributed by atoms with E-state index in [4.69, 9.17) is 5.53 Å². The average Bonchev–Trinajstić information content (AvgIpc) is 2.64. The topological polar surface area (TPSA) is 144 Å². The fourth-order valence-corrected chi connectivity index (χ4v) is 2.71. The zero-order valence-corrected chi connectivity index (χ0v) is 14.1. The number of likely N-dealkylation sites (N-methyl/N-ethyl adjacent to an activating group) is 1. The summed E-state index contributed by atoms with van der Waals surface area (Å²) < 4.78 is 0. The van der Waals surface area contributed by atoms with E-state index in [2.05, 4.69) is 20.7 Å². The largest absolute Gasteiger partial charge is 0.384 e. The first kappa shape index (κ1) is 18.9. The van der Waals surface area contributed by atoms with Gasteiger partial charge in [-0.3, -0.25) is 24.5 Å². The molecule has 0 radical (unpaired) electrons. The van der Waals surface area contributed by atoms with Crippen LogP contribution in [0.4, 0.5) is 5.69 Å². The van der Waals surface area contributed by atoms with Crippen LogP contribution in [0.15, 0.2) is 23.3 Å². The van der Waals surface area contributed by atoms with Gasteiger partial charge in [-0.05, 0) is 18.0 Å². The maximum absolute atomic E-state index is 12.9. The molecule has 1 aliphatic heterocycles. The highest BCUT2D eigenvalue weighted by molar-refractivity contribution is 6.08. The number of hydrogen-bond donors (Lipinski definition) is 2. The predicted octanol–water partition coefficient (Wildman–Crippen LogP) is 1.10. The Kier molecular flexibility index (Phi) is 6.29. The van der Waals surface area contributed by atoms with Gasteiger partial charge in [0.05, 0.1) is 5.56 Å². The van der Waals surface area contributed by atoms with Crippen molar-refractivity contribution in [3.05, 3.63) is 39.8 Å². The molecule has 1 atom stereocenters. The first-order chi connectivity index (χ1) is 12.5. The first-order valence-corrected chi connectivity index (χ1v) is 7.93. The van der Waals surface area contributed by atoms with Gasteiger partial charge in [0.25, 0.3) is 5.91 Å². The van der Waals surface area contributed by atoms with Gasteiger partial charge < -0.3 is 10.2 Å². The van der Waals surface area contributed by atoms with Crippen LogP contribution in [0.1, 0.15) is 33.6 Å². The van der Waals surface area contributed by atoms with Crippen LogP contribution in [0.5, 0.6) is 0 Å². The zero-order chi connectivity index (χ0) is 19.1. The van der Waals surface area contributed by atoms with Crippen LogP contribution in [-0.4, -0.2) is 55.1 Å². The van der Waals surface area contributed by atoms with Crippen LogP contribution in [0.2, 0.25) is 0 Å². The Bertz CT molecular complexity index is 787. The molecule has 10 heteroatoms. The number of nitrogens with one attached hydrogen (secondary N) is 2. The number of anilines is 1. The molecule has 1 heterocycles. The minimum atomic E-state index is -0.795. The highest BCUT2D eigenvalue weighted by Crippen LogP contribution is 2.23. The molecule has 1 fully saturated rings. The molecule has 1 aromatic carbocycles. The summed E-state index contributed by atoms with van der Waals surface area (Å²) in [7, 11) is 1.45. The Hall–Kier alpha value is -3.39. The monoisotopic (exact) mass is 358 g/mol. The Morgan fingerprint density at radius 3 is 2.92 bits per heavy atom. The molecule has 0 saturated carbocycles. The number of imide groups is 1. The van der Waals surface area contributed by atoms with Crippen molar-refractivity contribution in [3.8, 4) is 0 Å². The lowest BCUT2D eigenvalue weighted by Gasteiger charge is -2.30. The molecule has 1 aromatic rings. The predicted molar refractivity (Wildman–Crippen MR) is 92.6 cm³/mol. The Morgan fingerprint density at radius 1 is 1.50 bits per heavy atom. The quantitative estimate of drug-likeness (QED) is 0.187. The number of rotatable bonds is 7. The molecule has 0 aliphatic carbocycles. The number of carbonyl (C=O) groups excluding carboxylic acids is 4. The molecule has 2 rings (SSSR count). The Labute approximate surface area is 149 Å².